The molecular weight excluding hydrogens is 198 g/mol. The van der Waals surface area contributed by atoms with Crippen LogP contribution in [0, 0.1) is 0 Å². The van der Waals surface area contributed by atoms with Crippen molar-refractivity contribution in [3.63, 3.8) is 0 Å². The van der Waals surface area contributed by atoms with E-state index in [0.717, 1.165) is 6.54 Å². The van der Waals surface area contributed by atoms with E-state index >= 15 is 0 Å². The Kier molecular flexibility index (Phi) is 10.6. The molecule has 0 saturated heterocycles. The SMILES string of the molecule is CNCCOCCOCCNC(=O)NC. The zero-order chi connectivity index (χ0) is 11.4. The molecule has 0 heterocycles. The molecule has 0 atom stereocenters. The van der Waals surface area contributed by atoms with Crippen LogP contribution in [0.1, 0.15) is 0 Å². The summed E-state index contributed by atoms with van der Waals surface area (Å²) in [6.45, 7) is 3.69. The van der Waals surface area contributed by atoms with Crippen molar-refractivity contribution in [1.29, 1.82) is 0 Å². The highest BCUT2D eigenvalue weighted by Crippen LogP contribution is 1.77. The van der Waals surface area contributed by atoms with E-state index in [-0.39, 0.29) is 6.03 Å². The van der Waals surface area contributed by atoms with Crippen molar-refractivity contribution in [3.8, 4) is 0 Å². The Labute approximate surface area is 90.7 Å². The van der Waals surface area contributed by atoms with Crippen molar-refractivity contribution in [2.45, 2.75) is 0 Å². The maximum Gasteiger partial charge on any atom is 0.314 e. The lowest BCUT2D eigenvalue weighted by Crippen LogP contribution is -2.35. The number of urea groups is 1. The van der Waals surface area contributed by atoms with Crippen molar-refractivity contribution in [2.75, 3.05) is 53.6 Å². The van der Waals surface area contributed by atoms with Gasteiger partial charge in [0.05, 0.1) is 26.4 Å². The molecule has 15 heavy (non-hydrogen) atoms. The summed E-state index contributed by atoms with van der Waals surface area (Å²) in [5, 5.41) is 8.05. The second kappa shape index (κ2) is 11.2. The van der Waals surface area contributed by atoms with Crippen LogP contribution >= 0.6 is 0 Å². The predicted molar refractivity (Wildman–Crippen MR) is 58.0 cm³/mol. The molecule has 90 valence electrons. The fourth-order valence-electron chi connectivity index (χ4n) is 0.821. The Balaban J connectivity index is 2.95. The van der Waals surface area contributed by atoms with Crippen LogP contribution in [0.4, 0.5) is 4.79 Å². The maximum atomic E-state index is 10.7. The Bertz CT molecular complexity index is 156. The van der Waals surface area contributed by atoms with Gasteiger partial charge in [-0.1, -0.05) is 0 Å². The molecular formula is C9H21N3O3. The first kappa shape index (κ1) is 14.2. The normalized spacial score (nSPS) is 10.0. The highest BCUT2D eigenvalue weighted by molar-refractivity contribution is 5.73. The summed E-state index contributed by atoms with van der Waals surface area (Å²) in [5.41, 5.74) is 0. The average Bonchev–Trinajstić information content (AvgIpc) is 2.26. The minimum atomic E-state index is -0.191. The van der Waals surface area contributed by atoms with Crippen LogP contribution in [0.25, 0.3) is 0 Å². The topological polar surface area (TPSA) is 71.6 Å². The third kappa shape index (κ3) is 11.1. The largest absolute Gasteiger partial charge is 0.378 e. The summed E-state index contributed by atoms with van der Waals surface area (Å²) >= 11 is 0. The average molecular weight is 219 g/mol. The van der Waals surface area contributed by atoms with Crippen LogP contribution in [0.2, 0.25) is 0 Å². The van der Waals surface area contributed by atoms with E-state index in [1.54, 1.807) is 7.05 Å². The number of rotatable bonds is 9. The fourth-order valence-corrected chi connectivity index (χ4v) is 0.821. The molecule has 0 bridgehead atoms. The van der Waals surface area contributed by atoms with Gasteiger partial charge in [0.25, 0.3) is 0 Å². The van der Waals surface area contributed by atoms with Gasteiger partial charge >= 0.3 is 6.03 Å². The number of hydrogen-bond acceptors (Lipinski definition) is 4. The summed E-state index contributed by atoms with van der Waals surface area (Å²) in [6.07, 6.45) is 0. The molecule has 0 aromatic carbocycles. The molecule has 6 heteroatoms. The first-order valence-electron chi connectivity index (χ1n) is 5.07. The van der Waals surface area contributed by atoms with E-state index in [0.29, 0.717) is 33.0 Å². The van der Waals surface area contributed by atoms with E-state index in [2.05, 4.69) is 16.0 Å². The molecule has 0 aromatic heterocycles. The molecule has 0 aliphatic heterocycles. The highest BCUT2D eigenvalue weighted by Gasteiger charge is 1.94. The summed E-state index contributed by atoms with van der Waals surface area (Å²) in [6, 6.07) is -0.191. The van der Waals surface area contributed by atoms with Gasteiger partial charge < -0.3 is 25.4 Å². The lowest BCUT2D eigenvalue weighted by atomic mass is 10.6. The van der Waals surface area contributed by atoms with Crippen molar-refractivity contribution in [1.82, 2.24) is 16.0 Å². The number of likely N-dealkylation sites (N-methyl/N-ethyl adjacent to an activating group) is 1. The van der Waals surface area contributed by atoms with Crippen LogP contribution in [-0.4, -0.2) is 59.6 Å². The third-order valence-electron chi connectivity index (χ3n) is 1.63. The molecule has 0 rings (SSSR count). The zero-order valence-corrected chi connectivity index (χ0v) is 9.47. The molecule has 0 aliphatic carbocycles. The summed E-state index contributed by atoms with van der Waals surface area (Å²) < 4.78 is 10.5. The van der Waals surface area contributed by atoms with Crippen LogP contribution in [0.15, 0.2) is 0 Å². The van der Waals surface area contributed by atoms with Gasteiger partial charge in [0.2, 0.25) is 0 Å². The Hall–Kier alpha value is -0.850. The van der Waals surface area contributed by atoms with E-state index in [1.165, 1.54) is 0 Å². The van der Waals surface area contributed by atoms with E-state index in [1.807, 2.05) is 7.05 Å². The third-order valence-corrected chi connectivity index (χ3v) is 1.63. The van der Waals surface area contributed by atoms with Gasteiger partial charge in [-0.15, -0.1) is 0 Å². The van der Waals surface area contributed by atoms with Gasteiger partial charge in [0.15, 0.2) is 0 Å². The second-order valence-corrected chi connectivity index (χ2v) is 2.83. The molecule has 0 spiro atoms. The Morgan fingerprint density at radius 3 is 2.13 bits per heavy atom. The number of carbonyl (C=O) groups is 1. The van der Waals surface area contributed by atoms with Crippen molar-refractivity contribution in [3.05, 3.63) is 0 Å². The van der Waals surface area contributed by atoms with Crippen LogP contribution in [-0.2, 0) is 9.47 Å². The van der Waals surface area contributed by atoms with Gasteiger partial charge in [-0.05, 0) is 7.05 Å². The number of hydrogen-bond donors (Lipinski definition) is 3. The number of carbonyl (C=O) groups excluding carboxylic acids is 1. The number of nitrogens with one attached hydrogen (secondary N) is 3. The van der Waals surface area contributed by atoms with Crippen LogP contribution in [0.5, 0.6) is 0 Å². The van der Waals surface area contributed by atoms with E-state index < -0.39 is 0 Å². The summed E-state index contributed by atoms with van der Waals surface area (Å²) in [7, 11) is 3.45. The minimum absolute atomic E-state index is 0.191. The predicted octanol–water partition coefficient (Wildman–Crippen LogP) is -0.832. The van der Waals surface area contributed by atoms with Crippen LogP contribution < -0.4 is 16.0 Å². The van der Waals surface area contributed by atoms with Crippen molar-refractivity contribution in [2.24, 2.45) is 0 Å². The number of amides is 2. The lowest BCUT2D eigenvalue weighted by molar-refractivity contribution is 0.0509. The van der Waals surface area contributed by atoms with Gasteiger partial charge in [-0.25, -0.2) is 4.79 Å². The first-order chi connectivity index (χ1) is 7.31. The van der Waals surface area contributed by atoms with Crippen molar-refractivity contribution < 1.29 is 14.3 Å². The van der Waals surface area contributed by atoms with E-state index in [4.69, 9.17) is 9.47 Å². The molecule has 0 saturated carbocycles. The molecule has 0 radical (unpaired) electrons. The first-order valence-corrected chi connectivity index (χ1v) is 5.07. The van der Waals surface area contributed by atoms with Gasteiger partial charge in [0, 0.05) is 20.1 Å². The van der Waals surface area contributed by atoms with E-state index in [9.17, 15) is 4.79 Å². The van der Waals surface area contributed by atoms with Gasteiger partial charge in [-0.3, -0.25) is 0 Å². The van der Waals surface area contributed by atoms with Gasteiger partial charge in [0.1, 0.15) is 0 Å². The molecule has 0 unspecified atom stereocenters. The molecule has 0 aliphatic rings. The molecule has 6 nitrogen and oxygen atoms in total. The maximum absolute atomic E-state index is 10.7. The standard InChI is InChI=1S/C9H21N3O3/c1-10-3-5-14-7-8-15-6-4-12-9(13)11-2/h10H,3-8H2,1-2H3,(H2,11,12,13). The molecule has 3 N–H and O–H groups in total. The van der Waals surface area contributed by atoms with Gasteiger partial charge in [-0.2, -0.15) is 0 Å². The van der Waals surface area contributed by atoms with Crippen LogP contribution in [0.3, 0.4) is 0 Å². The highest BCUT2D eigenvalue weighted by atomic mass is 16.5. The Morgan fingerprint density at radius 2 is 1.60 bits per heavy atom. The Morgan fingerprint density at radius 1 is 1.00 bits per heavy atom. The monoisotopic (exact) mass is 219 g/mol. The quantitative estimate of drug-likeness (QED) is 0.443. The minimum Gasteiger partial charge on any atom is -0.378 e. The smallest absolute Gasteiger partial charge is 0.314 e. The fraction of sp³-hybridized carbons (Fsp3) is 0.889. The number of ether oxygens (including phenoxy) is 2. The van der Waals surface area contributed by atoms with Crippen molar-refractivity contribution >= 4 is 6.03 Å². The second-order valence-electron chi connectivity index (χ2n) is 2.83. The lowest BCUT2D eigenvalue weighted by Gasteiger charge is -2.06. The molecule has 2 amide bonds. The zero-order valence-electron chi connectivity index (χ0n) is 9.47. The summed E-state index contributed by atoms with van der Waals surface area (Å²) in [4.78, 5) is 10.7. The molecule has 0 fully saturated rings. The molecule has 0 aromatic rings. The summed E-state index contributed by atoms with van der Waals surface area (Å²) in [5.74, 6) is 0.